The van der Waals surface area contributed by atoms with Crippen LogP contribution in [-0.2, 0) is 10.8 Å². The third-order valence-corrected chi connectivity index (χ3v) is 3.89. The van der Waals surface area contributed by atoms with Crippen molar-refractivity contribution in [1.82, 2.24) is 0 Å². The molecule has 0 radical (unpaired) electrons. The van der Waals surface area contributed by atoms with Gasteiger partial charge in [-0.05, 0) is 19.4 Å². The molecule has 0 saturated carbocycles. The van der Waals surface area contributed by atoms with Crippen LogP contribution in [0, 0.1) is 0 Å². The smallest absolute Gasteiger partial charge is 0.330 e. The van der Waals surface area contributed by atoms with Gasteiger partial charge in [0.1, 0.15) is 5.25 Å². The molecule has 0 bridgehead atoms. The molecule has 2 nitrogen and oxygen atoms in total. The predicted octanol–water partition coefficient (Wildman–Crippen LogP) is 2.21. The van der Waals surface area contributed by atoms with E-state index in [1.807, 2.05) is 6.92 Å². The summed E-state index contributed by atoms with van der Waals surface area (Å²) in [5, 5.41) is -1.75. The molecule has 2 unspecified atom stereocenters. The van der Waals surface area contributed by atoms with Gasteiger partial charge in [-0.1, -0.05) is 19.8 Å². The van der Waals surface area contributed by atoms with Gasteiger partial charge < -0.3 is 5.73 Å². The fourth-order valence-corrected chi connectivity index (χ4v) is 2.70. The molecule has 0 fully saturated rings. The van der Waals surface area contributed by atoms with Crippen molar-refractivity contribution in [3.05, 3.63) is 0 Å². The molecule has 6 heteroatoms. The van der Waals surface area contributed by atoms with Crippen LogP contribution < -0.4 is 5.73 Å². The van der Waals surface area contributed by atoms with Gasteiger partial charge in [0.05, 0.1) is 0 Å². The number of alkyl halides is 3. The highest BCUT2D eigenvalue weighted by Gasteiger charge is 2.42. The lowest BCUT2D eigenvalue weighted by Crippen LogP contribution is -2.36. The summed E-state index contributed by atoms with van der Waals surface area (Å²) in [4.78, 5) is 0. The maximum atomic E-state index is 12.4. The van der Waals surface area contributed by atoms with Gasteiger partial charge in [-0.2, -0.15) is 13.2 Å². The van der Waals surface area contributed by atoms with Crippen molar-refractivity contribution in [2.24, 2.45) is 5.73 Å². The lowest BCUT2D eigenvalue weighted by atomic mass is 10.3. The molecule has 2 atom stereocenters. The van der Waals surface area contributed by atoms with Crippen molar-refractivity contribution in [1.29, 1.82) is 0 Å². The Bertz CT molecular complexity index is 196. The minimum atomic E-state index is -4.39. The predicted molar refractivity (Wildman–Crippen MR) is 56.0 cm³/mol. The van der Waals surface area contributed by atoms with Crippen LogP contribution >= 0.6 is 0 Å². The van der Waals surface area contributed by atoms with E-state index in [1.165, 1.54) is 0 Å². The minimum Gasteiger partial charge on any atom is -0.330 e. The Hall–Kier alpha value is -0.100. The first-order valence-electron chi connectivity index (χ1n) is 5.07. The van der Waals surface area contributed by atoms with E-state index in [9.17, 15) is 17.4 Å². The number of unbranched alkanes of at least 4 members (excludes halogenated alkanes) is 2. The normalized spacial score (nSPS) is 16.3. The lowest BCUT2D eigenvalue weighted by Gasteiger charge is -2.18. The fraction of sp³-hybridized carbons (Fsp3) is 1.00. The topological polar surface area (TPSA) is 43.1 Å². The van der Waals surface area contributed by atoms with E-state index < -0.39 is 22.2 Å². The third-order valence-electron chi connectivity index (χ3n) is 2.06. The largest absolute Gasteiger partial charge is 0.403 e. The maximum absolute atomic E-state index is 12.4. The van der Waals surface area contributed by atoms with Gasteiger partial charge in [0.2, 0.25) is 0 Å². The molecular formula is C9H18F3NOS. The second kappa shape index (κ2) is 7.22. The Balaban J connectivity index is 4.18. The third kappa shape index (κ3) is 6.14. The summed E-state index contributed by atoms with van der Waals surface area (Å²) in [5.41, 5.74) is 5.08. The van der Waals surface area contributed by atoms with E-state index >= 15 is 0 Å². The molecule has 15 heavy (non-hydrogen) atoms. The van der Waals surface area contributed by atoms with E-state index in [-0.39, 0.29) is 18.7 Å². The van der Waals surface area contributed by atoms with Gasteiger partial charge in [0.25, 0.3) is 0 Å². The van der Waals surface area contributed by atoms with E-state index in [4.69, 9.17) is 5.73 Å². The first-order valence-corrected chi connectivity index (χ1v) is 6.45. The molecule has 0 rings (SSSR count). The number of hydrogen-bond acceptors (Lipinski definition) is 2. The summed E-state index contributed by atoms with van der Waals surface area (Å²) in [6, 6.07) is 0. The molecule has 0 saturated heterocycles. The van der Waals surface area contributed by atoms with E-state index in [2.05, 4.69) is 0 Å². The number of hydrogen-bond donors (Lipinski definition) is 1. The van der Waals surface area contributed by atoms with Crippen molar-refractivity contribution in [3.63, 3.8) is 0 Å². The highest BCUT2D eigenvalue weighted by Crippen LogP contribution is 2.27. The molecule has 0 aliphatic carbocycles. The van der Waals surface area contributed by atoms with Crippen LogP contribution in [0.3, 0.4) is 0 Å². The van der Waals surface area contributed by atoms with Crippen LogP contribution in [-0.4, -0.2) is 27.9 Å². The summed E-state index contributed by atoms with van der Waals surface area (Å²) in [5.74, 6) is 0.123. The summed E-state index contributed by atoms with van der Waals surface area (Å²) in [6.07, 6.45) is -2.33. The number of halogens is 3. The van der Waals surface area contributed by atoms with Crippen LogP contribution in [0.5, 0.6) is 0 Å². The van der Waals surface area contributed by atoms with Crippen molar-refractivity contribution in [2.45, 2.75) is 44.0 Å². The lowest BCUT2D eigenvalue weighted by molar-refractivity contribution is -0.130. The number of rotatable bonds is 7. The zero-order valence-corrected chi connectivity index (χ0v) is 9.66. The Labute approximate surface area is 90.9 Å². The van der Waals surface area contributed by atoms with E-state index in [0.29, 0.717) is 6.42 Å². The fourth-order valence-electron chi connectivity index (χ4n) is 1.23. The molecule has 0 aromatic carbocycles. The van der Waals surface area contributed by atoms with Gasteiger partial charge in [-0.15, -0.1) is 0 Å². The van der Waals surface area contributed by atoms with Gasteiger partial charge in [-0.3, -0.25) is 4.21 Å². The zero-order chi connectivity index (χ0) is 11.9. The van der Waals surface area contributed by atoms with Crippen LogP contribution in [0.15, 0.2) is 0 Å². The van der Waals surface area contributed by atoms with Crippen LogP contribution in [0.2, 0.25) is 0 Å². The molecule has 0 aliphatic heterocycles. The van der Waals surface area contributed by atoms with Gasteiger partial charge >= 0.3 is 6.18 Å². The Kier molecular flexibility index (Phi) is 7.17. The molecule has 2 N–H and O–H groups in total. The van der Waals surface area contributed by atoms with Crippen LogP contribution in [0.1, 0.15) is 32.6 Å². The van der Waals surface area contributed by atoms with Crippen LogP contribution in [0.4, 0.5) is 13.2 Å². The Morgan fingerprint density at radius 3 is 2.33 bits per heavy atom. The van der Waals surface area contributed by atoms with Crippen molar-refractivity contribution >= 4 is 10.8 Å². The first-order chi connectivity index (χ1) is 6.93. The second-order valence-corrected chi connectivity index (χ2v) is 5.14. The van der Waals surface area contributed by atoms with Crippen molar-refractivity contribution in [2.75, 3.05) is 12.3 Å². The monoisotopic (exact) mass is 245 g/mol. The summed E-state index contributed by atoms with van der Waals surface area (Å²) >= 11 is 0. The quantitative estimate of drug-likeness (QED) is 0.699. The SMILES string of the molecule is CCCCCS(=O)C(CCN)C(F)(F)F. The zero-order valence-electron chi connectivity index (χ0n) is 8.85. The Morgan fingerprint density at radius 1 is 1.33 bits per heavy atom. The molecule has 0 amide bonds. The number of nitrogens with two attached hydrogens (primary N) is 1. The summed E-state index contributed by atoms with van der Waals surface area (Å²) in [6.45, 7) is 1.87. The van der Waals surface area contributed by atoms with Crippen molar-refractivity contribution < 1.29 is 17.4 Å². The van der Waals surface area contributed by atoms with E-state index in [0.717, 1.165) is 12.8 Å². The molecule has 0 aromatic heterocycles. The average Bonchev–Trinajstić information content (AvgIpc) is 2.12. The molecule has 0 spiro atoms. The summed E-state index contributed by atoms with van der Waals surface area (Å²) < 4.78 is 48.6. The molecule has 0 heterocycles. The van der Waals surface area contributed by atoms with Crippen molar-refractivity contribution in [3.8, 4) is 0 Å². The second-order valence-electron chi connectivity index (χ2n) is 3.40. The highest BCUT2D eigenvalue weighted by molar-refractivity contribution is 7.85. The Morgan fingerprint density at radius 2 is 1.93 bits per heavy atom. The minimum absolute atomic E-state index is 0.0797. The standard InChI is InChI=1S/C9H18F3NOS/c1-2-3-4-7-15(14)8(5-6-13)9(10,11)12/h8H,2-7,13H2,1H3. The highest BCUT2D eigenvalue weighted by atomic mass is 32.2. The first kappa shape index (κ1) is 14.9. The maximum Gasteiger partial charge on any atom is 0.403 e. The average molecular weight is 245 g/mol. The van der Waals surface area contributed by atoms with E-state index in [1.54, 1.807) is 0 Å². The summed E-state index contributed by atoms with van der Waals surface area (Å²) in [7, 11) is -1.83. The molecule has 0 aliphatic rings. The molecule has 92 valence electrons. The van der Waals surface area contributed by atoms with Gasteiger partial charge in [0, 0.05) is 16.6 Å². The molecule has 0 aromatic rings. The molecular weight excluding hydrogens is 227 g/mol. The van der Waals surface area contributed by atoms with Gasteiger partial charge in [0.15, 0.2) is 0 Å². The van der Waals surface area contributed by atoms with Crippen LogP contribution in [0.25, 0.3) is 0 Å². The van der Waals surface area contributed by atoms with Gasteiger partial charge in [-0.25, -0.2) is 0 Å².